The molecule has 0 aliphatic heterocycles. The van der Waals surface area contributed by atoms with Crippen molar-refractivity contribution >= 4 is 23.5 Å². The number of Topliss-reactive ketones (excluding diaryl/α,β-unsaturated/α-hetero) is 1. The standard InChI is InChI=1S/C25H25ClO2/c1-25-11-10-21-20-9-7-19(27)13-16(20)4-8-22(21)23(25)14-17(24(25)28)12-15-2-5-18(26)6-3-15/h2-3,5-7,9,12-13,21-23,27H,4,8,10-11,14H2,1H3/b17-12+/t21-,22-,23-,25+/m1/s1. The summed E-state index contributed by atoms with van der Waals surface area (Å²) in [6.07, 6.45) is 7.09. The van der Waals surface area contributed by atoms with Gasteiger partial charge < -0.3 is 5.11 Å². The number of hydrogen-bond acceptors (Lipinski definition) is 2. The molecular formula is C25H25ClO2. The lowest BCUT2D eigenvalue weighted by Crippen LogP contribution is -2.42. The number of hydrogen-bond donors (Lipinski definition) is 1. The van der Waals surface area contributed by atoms with Gasteiger partial charge in [-0.1, -0.05) is 36.7 Å². The van der Waals surface area contributed by atoms with Crippen molar-refractivity contribution in [3.05, 3.63) is 69.8 Å². The average Bonchev–Trinajstić information content (AvgIpc) is 2.94. The fraction of sp³-hybridized carbons (Fsp3) is 0.400. The number of allylic oxidation sites excluding steroid dienone is 1. The highest BCUT2D eigenvalue weighted by molar-refractivity contribution is 6.30. The molecule has 1 N–H and O–H groups in total. The first-order valence-corrected chi connectivity index (χ1v) is 10.7. The van der Waals surface area contributed by atoms with Gasteiger partial charge in [0.1, 0.15) is 5.75 Å². The molecule has 5 rings (SSSR count). The summed E-state index contributed by atoms with van der Waals surface area (Å²) in [6.45, 7) is 2.20. The van der Waals surface area contributed by atoms with Crippen LogP contribution in [0.3, 0.4) is 0 Å². The molecular weight excluding hydrogens is 368 g/mol. The topological polar surface area (TPSA) is 37.3 Å². The van der Waals surface area contributed by atoms with Gasteiger partial charge in [-0.25, -0.2) is 0 Å². The number of halogens is 1. The van der Waals surface area contributed by atoms with Gasteiger partial charge in [-0.05, 0) is 102 Å². The van der Waals surface area contributed by atoms with Gasteiger partial charge in [-0.2, -0.15) is 0 Å². The fourth-order valence-electron chi connectivity index (χ4n) is 6.13. The molecule has 0 saturated heterocycles. The quantitative estimate of drug-likeness (QED) is 0.589. The predicted molar refractivity (Wildman–Crippen MR) is 113 cm³/mol. The van der Waals surface area contributed by atoms with Crippen molar-refractivity contribution in [1.82, 2.24) is 0 Å². The number of aryl methyl sites for hydroxylation is 1. The van der Waals surface area contributed by atoms with E-state index in [1.54, 1.807) is 0 Å². The van der Waals surface area contributed by atoms with E-state index in [4.69, 9.17) is 11.6 Å². The van der Waals surface area contributed by atoms with Gasteiger partial charge >= 0.3 is 0 Å². The fourth-order valence-corrected chi connectivity index (χ4v) is 6.25. The van der Waals surface area contributed by atoms with Crippen molar-refractivity contribution < 1.29 is 9.90 Å². The van der Waals surface area contributed by atoms with E-state index in [0.717, 1.165) is 48.3 Å². The van der Waals surface area contributed by atoms with Gasteiger partial charge in [-0.3, -0.25) is 4.79 Å². The highest BCUT2D eigenvalue weighted by atomic mass is 35.5. The summed E-state index contributed by atoms with van der Waals surface area (Å²) in [5.41, 5.74) is 4.50. The summed E-state index contributed by atoms with van der Waals surface area (Å²) in [7, 11) is 0. The molecule has 2 saturated carbocycles. The third kappa shape index (κ3) is 2.73. The Morgan fingerprint density at radius 2 is 1.93 bits per heavy atom. The third-order valence-electron chi connectivity index (χ3n) is 7.56. The number of rotatable bonds is 1. The first-order valence-electron chi connectivity index (χ1n) is 10.3. The first kappa shape index (κ1) is 18.0. The second kappa shape index (κ2) is 6.49. The molecule has 0 aromatic heterocycles. The highest BCUT2D eigenvalue weighted by Gasteiger charge is 2.56. The van der Waals surface area contributed by atoms with E-state index in [-0.39, 0.29) is 5.41 Å². The Morgan fingerprint density at radius 3 is 2.71 bits per heavy atom. The summed E-state index contributed by atoms with van der Waals surface area (Å²) in [4.78, 5) is 13.4. The normalized spacial score (nSPS) is 32.7. The van der Waals surface area contributed by atoms with Crippen LogP contribution in [0, 0.1) is 17.3 Å². The van der Waals surface area contributed by atoms with Crippen LogP contribution in [0.15, 0.2) is 48.0 Å². The lowest BCUT2D eigenvalue weighted by molar-refractivity contribution is -0.127. The van der Waals surface area contributed by atoms with Gasteiger partial charge in [-0.15, -0.1) is 0 Å². The molecule has 3 aliphatic rings. The third-order valence-corrected chi connectivity index (χ3v) is 7.81. The number of carbonyl (C=O) groups is 1. The molecule has 3 aliphatic carbocycles. The Hall–Kier alpha value is -2.06. The predicted octanol–water partition coefficient (Wildman–Crippen LogP) is 6.16. The van der Waals surface area contributed by atoms with Gasteiger partial charge in [0.2, 0.25) is 0 Å². The zero-order valence-corrected chi connectivity index (χ0v) is 16.9. The van der Waals surface area contributed by atoms with E-state index in [9.17, 15) is 9.90 Å². The molecule has 0 amide bonds. The number of benzene rings is 2. The number of carbonyl (C=O) groups excluding carboxylic acids is 1. The summed E-state index contributed by atoms with van der Waals surface area (Å²) >= 11 is 6.00. The monoisotopic (exact) mass is 392 g/mol. The van der Waals surface area contributed by atoms with Crippen LogP contribution in [0.25, 0.3) is 6.08 Å². The van der Waals surface area contributed by atoms with Crippen molar-refractivity contribution in [2.24, 2.45) is 17.3 Å². The second-order valence-electron chi connectivity index (χ2n) is 9.01. The number of phenolic OH excluding ortho intramolecular Hbond substituents is 1. The zero-order valence-electron chi connectivity index (χ0n) is 16.1. The first-order chi connectivity index (χ1) is 13.5. The maximum absolute atomic E-state index is 13.4. The van der Waals surface area contributed by atoms with E-state index >= 15 is 0 Å². The minimum atomic E-state index is -0.228. The van der Waals surface area contributed by atoms with Crippen LogP contribution in [0.5, 0.6) is 5.75 Å². The molecule has 0 spiro atoms. The molecule has 4 atom stereocenters. The highest BCUT2D eigenvalue weighted by Crippen LogP contribution is 2.60. The van der Waals surface area contributed by atoms with Crippen molar-refractivity contribution in [2.75, 3.05) is 0 Å². The Labute approximate surface area is 171 Å². The van der Waals surface area contributed by atoms with E-state index in [0.29, 0.717) is 29.3 Å². The number of aromatic hydroxyl groups is 1. The largest absolute Gasteiger partial charge is 0.508 e. The number of phenols is 1. The number of fused-ring (bicyclic) bond motifs is 5. The van der Waals surface area contributed by atoms with Crippen LogP contribution in [-0.4, -0.2) is 10.9 Å². The van der Waals surface area contributed by atoms with Crippen molar-refractivity contribution in [3.8, 4) is 5.75 Å². The van der Waals surface area contributed by atoms with Crippen molar-refractivity contribution in [3.63, 3.8) is 0 Å². The minimum absolute atomic E-state index is 0.228. The van der Waals surface area contributed by atoms with Crippen LogP contribution in [0.1, 0.15) is 55.2 Å². The summed E-state index contributed by atoms with van der Waals surface area (Å²) in [6, 6.07) is 13.6. The van der Waals surface area contributed by atoms with Crippen molar-refractivity contribution in [1.29, 1.82) is 0 Å². The lowest BCUT2D eigenvalue weighted by Gasteiger charge is -2.48. The van der Waals surface area contributed by atoms with E-state index in [1.807, 2.05) is 36.4 Å². The molecule has 144 valence electrons. The van der Waals surface area contributed by atoms with Crippen LogP contribution < -0.4 is 0 Å². The van der Waals surface area contributed by atoms with E-state index < -0.39 is 0 Å². The maximum Gasteiger partial charge on any atom is 0.165 e. The molecule has 0 unspecified atom stereocenters. The average molecular weight is 393 g/mol. The minimum Gasteiger partial charge on any atom is -0.508 e. The van der Waals surface area contributed by atoms with Crippen LogP contribution in [-0.2, 0) is 11.2 Å². The molecule has 2 aromatic rings. The van der Waals surface area contributed by atoms with E-state index in [1.165, 1.54) is 11.1 Å². The van der Waals surface area contributed by atoms with Crippen molar-refractivity contribution in [2.45, 2.75) is 44.9 Å². The van der Waals surface area contributed by atoms with Gasteiger partial charge in [0.15, 0.2) is 5.78 Å². The Bertz CT molecular complexity index is 975. The Morgan fingerprint density at radius 1 is 1.14 bits per heavy atom. The molecule has 0 bridgehead atoms. The molecule has 2 aromatic carbocycles. The Kier molecular flexibility index (Phi) is 4.17. The molecule has 28 heavy (non-hydrogen) atoms. The lowest BCUT2D eigenvalue weighted by atomic mass is 9.55. The molecule has 0 radical (unpaired) electrons. The summed E-state index contributed by atoms with van der Waals surface area (Å²) in [5.74, 6) is 2.20. The zero-order chi connectivity index (χ0) is 19.5. The molecule has 2 nitrogen and oxygen atoms in total. The van der Waals surface area contributed by atoms with Gasteiger partial charge in [0.05, 0.1) is 0 Å². The van der Waals surface area contributed by atoms with Crippen LogP contribution in [0.4, 0.5) is 0 Å². The SMILES string of the molecule is C[C@]12CC[C@@H]3c4ccc(O)cc4CC[C@H]3[C@H]1C/C(=C\c1ccc(Cl)cc1)C2=O. The summed E-state index contributed by atoms with van der Waals surface area (Å²) in [5, 5.41) is 10.6. The molecule has 3 heteroatoms. The smallest absolute Gasteiger partial charge is 0.165 e. The summed E-state index contributed by atoms with van der Waals surface area (Å²) < 4.78 is 0. The maximum atomic E-state index is 13.4. The van der Waals surface area contributed by atoms with Crippen LogP contribution in [0.2, 0.25) is 5.02 Å². The van der Waals surface area contributed by atoms with Crippen LogP contribution >= 0.6 is 11.6 Å². The molecule has 0 heterocycles. The van der Waals surface area contributed by atoms with Gasteiger partial charge in [0, 0.05) is 10.4 Å². The second-order valence-corrected chi connectivity index (χ2v) is 9.45. The molecule has 2 fully saturated rings. The Balaban J connectivity index is 1.48. The number of ketones is 1. The van der Waals surface area contributed by atoms with E-state index in [2.05, 4.69) is 19.1 Å². The van der Waals surface area contributed by atoms with Gasteiger partial charge in [0.25, 0.3) is 0 Å².